The normalized spacial score (nSPS) is 19.1. The summed E-state index contributed by atoms with van der Waals surface area (Å²) in [6.07, 6.45) is 1.07. The van der Waals surface area contributed by atoms with E-state index in [-0.39, 0.29) is 22.9 Å². The van der Waals surface area contributed by atoms with Crippen molar-refractivity contribution in [2.75, 3.05) is 11.1 Å². The average molecular weight is 547 g/mol. The molecule has 4 rings (SSSR count). The molecule has 0 saturated heterocycles. The number of amides is 1. The van der Waals surface area contributed by atoms with E-state index in [2.05, 4.69) is 30.6 Å². The van der Waals surface area contributed by atoms with Crippen molar-refractivity contribution in [3.8, 4) is 6.07 Å². The van der Waals surface area contributed by atoms with E-state index in [9.17, 15) is 14.9 Å². The lowest BCUT2D eigenvalue weighted by Crippen LogP contribution is -2.37. The van der Waals surface area contributed by atoms with Gasteiger partial charge < -0.3 is 10.6 Å². The number of hydrogen-bond donors (Lipinski definition) is 2. The van der Waals surface area contributed by atoms with Crippen LogP contribution in [-0.4, -0.2) is 17.4 Å². The van der Waals surface area contributed by atoms with Crippen molar-refractivity contribution in [1.82, 2.24) is 5.32 Å². The fourth-order valence-electron chi connectivity index (χ4n) is 4.39. The molecule has 1 amide bonds. The number of thioether (sulfide) groups is 1. The molecule has 9 heteroatoms. The number of dihydropyridines is 1. The quantitative estimate of drug-likeness (QED) is 0.419. The Morgan fingerprint density at radius 1 is 1.14 bits per heavy atom. The lowest BCUT2D eigenvalue weighted by Gasteiger charge is -2.39. The lowest BCUT2D eigenvalue weighted by atomic mass is 9.69. The summed E-state index contributed by atoms with van der Waals surface area (Å²) in [4.78, 5) is 25.9. The van der Waals surface area contributed by atoms with Gasteiger partial charge in [-0.15, -0.1) is 0 Å². The van der Waals surface area contributed by atoms with Crippen molar-refractivity contribution < 1.29 is 9.59 Å². The van der Waals surface area contributed by atoms with Crippen LogP contribution in [0, 0.1) is 16.7 Å². The number of Topliss-reactive ketones (excluding diaryl/α,β-unsaturated/α-hetero) is 1. The van der Waals surface area contributed by atoms with Gasteiger partial charge in [0.25, 0.3) is 0 Å². The summed E-state index contributed by atoms with van der Waals surface area (Å²) >= 11 is 19.3. The molecule has 35 heavy (non-hydrogen) atoms. The van der Waals surface area contributed by atoms with Crippen LogP contribution in [0.5, 0.6) is 0 Å². The van der Waals surface area contributed by atoms with E-state index in [0.717, 1.165) is 11.3 Å². The highest BCUT2D eigenvalue weighted by atomic mass is 35.5. The third-order valence-electron chi connectivity index (χ3n) is 5.88. The highest BCUT2D eigenvalue weighted by Gasteiger charge is 2.41. The molecule has 2 aromatic carbocycles. The minimum absolute atomic E-state index is 0.0258. The molecular weight excluding hydrogens is 525 g/mol. The third kappa shape index (κ3) is 5.70. The largest absolute Gasteiger partial charge is 0.352 e. The molecule has 1 aliphatic carbocycles. The number of halogens is 3. The Bertz CT molecular complexity index is 1310. The summed E-state index contributed by atoms with van der Waals surface area (Å²) < 4.78 is 0. The highest BCUT2D eigenvalue weighted by Crippen LogP contribution is 2.48. The summed E-state index contributed by atoms with van der Waals surface area (Å²) in [7, 11) is 0. The molecule has 5 nitrogen and oxygen atoms in total. The molecule has 1 aliphatic heterocycles. The molecule has 0 bridgehead atoms. The molecule has 180 valence electrons. The first-order valence-corrected chi connectivity index (χ1v) is 13.0. The molecule has 0 aromatic heterocycles. The van der Waals surface area contributed by atoms with E-state index in [1.165, 1.54) is 11.8 Å². The SMILES string of the molecule is CC1(C)CC(=O)C2=C(C1)NC(SCC(=O)Nc1ccc(Cl)c(Cl)c1)=C(C#N)[C@H]2c1ccc(Cl)cc1. The summed E-state index contributed by atoms with van der Waals surface area (Å²) in [5, 5.41) is 18.1. The van der Waals surface area contributed by atoms with Crippen molar-refractivity contribution in [3.63, 3.8) is 0 Å². The number of ketones is 1. The van der Waals surface area contributed by atoms with E-state index < -0.39 is 5.92 Å². The van der Waals surface area contributed by atoms with E-state index in [0.29, 0.717) is 49.8 Å². The van der Waals surface area contributed by atoms with Gasteiger partial charge in [0.1, 0.15) is 0 Å². The van der Waals surface area contributed by atoms with Crippen LogP contribution in [0.25, 0.3) is 0 Å². The van der Waals surface area contributed by atoms with Gasteiger partial charge in [-0.05, 0) is 47.7 Å². The van der Waals surface area contributed by atoms with Crippen molar-refractivity contribution >= 4 is 63.9 Å². The van der Waals surface area contributed by atoms with Gasteiger partial charge in [0, 0.05) is 28.4 Å². The summed E-state index contributed by atoms with van der Waals surface area (Å²) in [6.45, 7) is 4.10. The molecule has 2 N–H and O–H groups in total. The predicted molar refractivity (Wildman–Crippen MR) is 143 cm³/mol. The summed E-state index contributed by atoms with van der Waals surface area (Å²) in [5.41, 5.74) is 2.96. The number of benzene rings is 2. The molecule has 2 aliphatic rings. The van der Waals surface area contributed by atoms with Gasteiger partial charge in [0.2, 0.25) is 5.91 Å². The van der Waals surface area contributed by atoms with Crippen LogP contribution in [0.1, 0.15) is 38.2 Å². The van der Waals surface area contributed by atoms with Crippen LogP contribution >= 0.6 is 46.6 Å². The Morgan fingerprint density at radius 2 is 1.86 bits per heavy atom. The number of allylic oxidation sites excluding steroid dienone is 3. The van der Waals surface area contributed by atoms with Crippen molar-refractivity contribution in [2.45, 2.75) is 32.6 Å². The van der Waals surface area contributed by atoms with Gasteiger partial charge in [-0.2, -0.15) is 5.26 Å². The smallest absolute Gasteiger partial charge is 0.234 e. The summed E-state index contributed by atoms with van der Waals surface area (Å²) in [6, 6.07) is 14.3. The zero-order valence-corrected chi connectivity index (χ0v) is 22.1. The maximum absolute atomic E-state index is 13.2. The number of nitrogens with one attached hydrogen (secondary N) is 2. The lowest BCUT2D eigenvalue weighted by molar-refractivity contribution is -0.118. The molecule has 0 spiro atoms. The van der Waals surface area contributed by atoms with Gasteiger partial charge in [0.05, 0.1) is 38.4 Å². The molecule has 1 atom stereocenters. The second-order valence-electron chi connectivity index (χ2n) is 9.26. The third-order valence-corrected chi connectivity index (χ3v) is 7.89. The Kier molecular flexibility index (Phi) is 7.54. The monoisotopic (exact) mass is 545 g/mol. The van der Waals surface area contributed by atoms with E-state index in [1.807, 2.05) is 12.1 Å². The number of carbonyl (C=O) groups excluding carboxylic acids is 2. The van der Waals surface area contributed by atoms with Gasteiger partial charge in [-0.25, -0.2) is 0 Å². The average Bonchev–Trinajstić information content (AvgIpc) is 2.79. The first kappa shape index (κ1) is 25.7. The Balaban J connectivity index is 1.63. The number of nitriles is 1. The Labute approximate surface area is 223 Å². The van der Waals surface area contributed by atoms with E-state index in [1.54, 1.807) is 30.3 Å². The van der Waals surface area contributed by atoms with Crippen LogP contribution in [0.15, 0.2) is 64.3 Å². The first-order valence-electron chi connectivity index (χ1n) is 10.9. The summed E-state index contributed by atoms with van der Waals surface area (Å²) in [5.74, 6) is -0.695. The molecule has 0 radical (unpaired) electrons. The van der Waals surface area contributed by atoms with Crippen molar-refractivity contribution in [1.29, 1.82) is 5.26 Å². The molecule has 2 aromatic rings. The maximum atomic E-state index is 13.2. The van der Waals surface area contributed by atoms with Crippen LogP contribution in [-0.2, 0) is 9.59 Å². The molecular formula is C26H22Cl3N3O2S. The number of hydrogen-bond acceptors (Lipinski definition) is 5. The fraction of sp³-hybridized carbons (Fsp3) is 0.269. The standard InChI is InChI=1S/C26H22Cl3N3O2S/c1-26(2)10-20-24(21(33)11-26)23(14-3-5-15(27)6-4-14)17(12-30)25(32-20)35-13-22(34)31-16-7-8-18(28)19(29)9-16/h3-9,23,32H,10-11,13H2,1-2H3,(H,31,34)/t23-/m1/s1. The Morgan fingerprint density at radius 3 is 2.51 bits per heavy atom. The number of carbonyl (C=O) groups is 2. The zero-order valence-electron chi connectivity index (χ0n) is 19.0. The van der Waals surface area contributed by atoms with Crippen LogP contribution in [0.4, 0.5) is 5.69 Å². The molecule has 0 fully saturated rings. The maximum Gasteiger partial charge on any atom is 0.234 e. The minimum Gasteiger partial charge on any atom is -0.352 e. The number of nitrogens with zero attached hydrogens (tertiary/aromatic N) is 1. The second-order valence-corrected chi connectivity index (χ2v) is 11.5. The predicted octanol–water partition coefficient (Wildman–Crippen LogP) is 7.08. The van der Waals surface area contributed by atoms with Crippen LogP contribution in [0.2, 0.25) is 15.1 Å². The molecule has 0 saturated carbocycles. The van der Waals surface area contributed by atoms with Gasteiger partial charge >= 0.3 is 0 Å². The van der Waals surface area contributed by atoms with Crippen molar-refractivity contribution in [3.05, 3.63) is 85.0 Å². The minimum atomic E-state index is -0.516. The van der Waals surface area contributed by atoms with Gasteiger partial charge in [-0.3, -0.25) is 9.59 Å². The van der Waals surface area contributed by atoms with Crippen molar-refractivity contribution in [2.24, 2.45) is 5.41 Å². The number of rotatable bonds is 5. The topological polar surface area (TPSA) is 82.0 Å². The Hall–Kier alpha value is -2.43. The highest BCUT2D eigenvalue weighted by molar-refractivity contribution is 8.03. The van der Waals surface area contributed by atoms with Crippen LogP contribution < -0.4 is 10.6 Å². The van der Waals surface area contributed by atoms with E-state index in [4.69, 9.17) is 34.8 Å². The fourth-order valence-corrected chi connectivity index (χ4v) is 5.67. The van der Waals surface area contributed by atoms with Gasteiger partial charge in [0.15, 0.2) is 5.78 Å². The van der Waals surface area contributed by atoms with Crippen LogP contribution in [0.3, 0.4) is 0 Å². The number of anilines is 1. The van der Waals surface area contributed by atoms with Gasteiger partial charge in [-0.1, -0.05) is 72.5 Å². The first-order chi connectivity index (χ1) is 16.6. The molecule has 0 unspecified atom stereocenters. The second kappa shape index (κ2) is 10.3. The molecule has 1 heterocycles. The van der Waals surface area contributed by atoms with E-state index >= 15 is 0 Å². The zero-order chi connectivity index (χ0) is 25.3.